The van der Waals surface area contributed by atoms with Gasteiger partial charge in [0.1, 0.15) is 5.82 Å². The monoisotopic (exact) mass is 254 g/mol. The third kappa shape index (κ3) is 3.07. The van der Waals surface area contributed by atoms with Gasteiger partial charge in [-0.05, 0) is 50.5 Å². The minimum atomic E-state index is -0.411. The highest BCUT2D eigenvalue weighted by Gasteiger charge is 2.34. The third-order valence-corrected chi connectivity index (χ3v) is 3.50. The summed E-state index contributed by atoms with van der Waals surface area (Å²) in [4.78, 5) is 0. The second kappa shape index (κ2) is 6.27. The van der Waals surface area contributed by atoms with Crippen molar-refractivity contribution in [1.82, 2.24) is 5.43 Å². The highest BCUT2D eigenvalue weighted by Crippen LogP contribution is 2.33. The quantitative estimate of drug-likeness (QED) is 0.606. The van der Waals surface area contributed by atoms with E-state index in [1.807, 2.05) is 20.8 Å². The van der Waals surface area contributed by atoms with E-state index in [-0.39, 0.29) is 11.9 Å². The van der Waals surface area contributed by atoms with E-state index in [2.05, 4.69) is 12.3 Å². The van der Waals surface area contributed by atoms with Gasteiger partial charge in [-0.1, -0.05) is 13.0 Å². The summed E-state index contributed by atoms with van der Waals surface area (Å²) in [6.07, 6.45) is 0.812. The molecular weight excluding hydrogens is 231 g/mol. The van der Waals surface area contributed by atoms with Crippen LogP contribution in [0.4, 0.5) is 4.39 Å². The lowest BCUT2D eigenvalue weighted by Gasteiger charge is -2.37. The second-order valence-electron chi connectivity index (χ2n) is 4.70. The lowest BCUT2D eigenvalue weighted by Crippen LogP contribution is -2.46. The molecule has 0 amide bonds. The summed E-state index contributed by atoms with van der Waals surface area (Å²) < 4.78 is 19.0. The van der Waals surface area contributed by atoms with Crippen LogP contribution in [0.1, 0.15) is 44.4 Å². The molecule has 3 N–H and O–H groups in total. The van der Waals surface area contributed by atoms with Crippen LogP contribution < -0.4 is 11.3 Å². The summed E-state index contributed by atoms with van der Waals surface area (Å²) >= 11 is 0. The van der Waals surface area contributed by atoms with Crippen LogP contribution in [0, 0.1) is 12.7 Å². The largest absolute Gasteiger partial charge is 0.374 e. The van der Waals surface area contributed by atoms with Gasteiger partial charge in [0, 0.05) is 6.61 Å². The lowest BCUT2D eigenvalue weighted by atomic mass is 9.86. The van der Waals surface area contributed by atoms with E-state index in [1.165, 1.54) is 12.1 Å². The highest BCUT2D eigenvalue weighted by molar-refractivity contribution is 5.31. The molecule has 4 heteroatoms. The summed E-state index contributed by atoms with van der Waals surface area (Å²) in [5, 5.41) is 0. The molecule has 0 heterocycles. The Morgan fingerprint density at radius 2 is 2.11 bits per heavy atom. The van der Waals surface area contributed by atoms with Crippen molar-refractivity contribution >= 4 is 0 Å². The van der Waals surface area contributed by atoms with Crippen LogP contribution in [0.5, 0.6) is 0 Å². The molecule has 0 aliphatic carbocycles. The number of nitrogens with one attached hydrogen (secondary N) is 1. The molecule has 1 aromatic carbocycles. The Bertz CT molecular complexity index is 397. The molecule has 3 nitrogen and oxygen atoms in total. The number of nitrogens with two attached hydrogens (primary N) is 1. The van der Waals surface area contributed by atoms with Crippen LogP contribution in [0.15, 0.2) is 18.2 Å². The molecule has 1 rings (SSSR count). The van der Waals surface area contributed by atoms with Gasteiger partial charge in [-0.3, -0.25) is 11.3 Å². The van der Waals surface area contributed by atoms with Gasteiger partial charge in [-0.2, -0.15) is 0 Å². The Hall–Kier alpha value is -0.970. The third-order valence-electron chi connectivity index (χ3n) is 3.50. The molecular formula is C14H23FN2O. The number of halogens is 1. The van der Waals surface area contributed by atoms with Gasteiger partial charge in [0.25, 0.3) is 0 Å². The Labute approximate surface area is 108 Å². The molecule has 0 saturated heterocycles. The van der Waals surface area contributed by atoms with Crippen molar-refractivity contribution in [2.45, 2.75) is 45.8 Å². The van der Waals surface area contributed by atoms with Gasteiger partial charge in [0.2, 0.25) is 0 Å². The molecule has 0 aliphatic rings. The number of hydrogen-bond acceptors (Lipinski definition) is 3. The first-order valence-corrected chi connectivity index (χ1v) is 6.34. The van der Waals surface area contributed by atoms with Gasteiger partial charge in [0.05, 0.1) is 11.6 Å². The first-order chi connectivity index (χ1) is 8.48. The summed E-state index contributed by atoms with van der Waals surface area (Å²) in [5.41, 5.74) is 4.24. The molecule has 0 aliphatic heterocycles. The molecule has 0 bridgehead atoms. The molecule has 2 unspecified atom stereocenters. The lowest BCUT2D eigenvalue weighted by molar-refractivity contribution is -0.0565. The number of hydrazine groups is 1. The van der Waals surface area contributed by atoms with E-state index in [1.54, 1.807) is 6.07 Å². The van der Waals surface area contributed by atoms with E-state index >= 15 is 0 Å². The van der Waals surface area contributed by atoms with Crippen molar-refractivity contribution in [3.63, 3.8) is 0 Å². The highest BCUT2D eigenvalue weighted by atomic mass is 19.1. The van der Waals surface area contributed by atoms with E-state index in [0.717, 1.165) is 17.5 Å². The summed E-state index contributed by atoms with van der Waals surface area (Å²) in [7, 11) is 0. The maximum Gasteiger partial charge on any atom is 0.123 e. The van der Waals surface area contributed by atoms with Gasteiger partial charge in [-0.15, -0.1) is 0 Å². The smallest absolute Gasteiger partial charge is 0.123 e. The van der Waals surface area contributed by atoms with Crippen molar-refractivity contribution in [2.75, 3.05) is 6.61 Å². The molecule has 0 saturated carbocycles. The summed E-state index contributed by atoms with van der Waals surface area (Å²) in [5.74, 6) is 5.45. The number of hydrogen-bond donors (Lipinski definition) is 2. The van der Waals surface area contributed by atoms with Crippen molar-refractivity contribution in [2.24, 2.45) is 5.84 Å². The fourth-order valence-electron chi connectivity index (χ4n) is 2.28. The predicted molar refractivity (Wildman–Crippen MR) is 71.5 cm³/mol. The molecule has 0 fully saturated rings. The van der Waals surface area contributed by atoms with Crippen LogP contribution in [-0.4, -0.2) is 12.2 Å². The maximum absolute atomic E-state index is 13.2. The Morgan fingerprint density at radius 3 is 2.56 bits per heavy atom. The fraction of sp³-hybridized carbons (Fsp3) is 0.571. The average Bonchev–Trinajstić information content (AvgIpc) is 2.33. The van der Waals surface area contributed by atoms with Crippen molar-refractivity contribution < 1.29 is 9.13 Å². The minimum absolute atomic E-state index is 0.164. The van der Waals surface area contributed by atoms with Gasteiger partial charge in [0.15, 0.2) is 0 Å². The van der Waals surface area contributed by atoms with Crippen LogP contribution in [-0.2, 0) is 4.74 Å². The van der Waals surface area contributed by atoms with Gasteiger partial charge < -0.3 is 4.74 Å². The Kier molecular flexibility index (Phi) is 5.26. The van der Waals surface area contributed by atoms with Crippen molar-refractivity contribution in [3.8, 4) is 0 Å². The summed E-state index contributed by atoms with van der Waals surface area (Å²) in [6.45, 7) is 8.52. The fourth-order valence-corrected chi connectivity index (χ4v) is 2.28. The molecule has 2 atom stereocenters. The molecule has 1 aromatic rings. The first kappa shape index (κ1) is 15.1. The molecule has 0 radical (unpaired) electrons. The van der Waals surface area contributed by atoms with Crippen LogP contribution in [0.25, 0.3) is 0 Å². The zero-order valence-corrected chi connectivity index (χ0v) is 11.6. The molecule has 18 heavy (non-hydrogen) atoms. The Balaban J connectivity index is 3.15. The number of ether oxygens (including phenoxy) is 1. The van der Waals surface area contributed by atoms with Gasteiger partial charge in [-0.25, -0.2) is 4.39 Å². The van der Waals surface area contributed by atoms with Crippen LogP contribution in [0.3, 0.4) is 0 Å². The van der Waals surface area contributed by atoms with E-state index in [9.17, 15) is 4.39 Å². The van der Waals surface area contributed by atoms with E-state index in [0.29, 0.717) is 6.61 Å². The predicted octanol–water partition coefficient (Wildman–Crippen LogP) is 2.84. The SMILES string of the molecule is CCOC(C)(CC)C(NN)c1ccc(F)cc1C. The number of rotatable bonds is 6. The minimum Gasteiger partial charge on any atom is -0.374 e. The zero-order valence-electron chi connectivity index (χ0n) is 11.6. The van der Waals surface area contributed by atoms with E-state index < -0.39 is 5.60 Å². The average molecular weight is 254 g/mol. The summed E-state index contributed by atoms with van der Waals surface area (Å²) in [6, 6.07) is 4.57. The standard InChI is InChI=1S/C14H23FN2O/c1-5-14(4,18-6-2)13(17-16)12-8-7-11(15)9-10(12)3/h7-9,13,17H,5-6,16H2,1-4H3. The number of benzene rings is 1. The van der Waals surface area contributed by atoms with Crippen molar-refractivity contribution in [1.29, 1.82) is 0 Å². The number of aryl methyl sites for hydroxylation is 1. The molecule has 0 spiro atoms. The second-order valence-corrected chi connectivity index (χ2v) is 4.70. The van der Waals surface area contributed by atoms with Crippen molar-refractivity contribution in [3.05, 3.63) is 35.1 Å². The normalized spacial score (nSPS) is 16.3. The van der Waals surface area contributed by atoms with Crippen LogP contribution in [0.2, 0.25) is 0 Å². The zero-order chi connectivity index (χ0) is 13.8. The topological polar surface area (TPSA) is 47.3 Å². The van der Waals surface area contributed by atoms with Crippen LogP contribution >= 0.6 is 0 Å². The molecule has 0 aromatic heterocycles. The van der Waals surface area contributed by atoms with Gasteiger partial charge >= 0.3 is 0 Å². The first-order valence-electron chi connectivity index (χ1n) is 6.34. The molecule has 102 valence electrons. The van der Waals surface area contributed by atoms with E-state index in [4.69, 9.17) is 10.6 Å². The maximum atomic E-state index is 13.2. The Morgan fingerprint density at radius 1 is 1.44 bits per heavy atom.